The lowest BCUT2D eigenvalue weighted by molar-refractivity contribution is 1.18. The van der Waals surface area contributed by atoms with Gasteiger partial charge >= 0.3 is 0 Å². The van der Waals surface area contributed by atoms with E-state index in [1.54, 1.807) is 26.2 Å². The second kappa shape index (κ2) is 10.4. The van der Waals surface area contributed by atoms with Crippen molar-refractivity contribution in [1.29, 1.82) is 0 Å². The van der Waals surface area contributed by atoms with Gasteiger partial charge in [-0.05, 0) is 19.9 Å². The van der Waals surface area contributed by atoms with Crippen molar-refractivity contribution in [3.63, 3.8) is 0 Å². The molecule has 0 aliphatic carbocycles. The van der Waals surface area contributed by atoms with E-state index >= 15 is 0 Å². The molecular weight excluding hydrogens is 329 g/mol. The van der Waals surface area contributed by atoms with Crippen LogP contribution in [0.2, 0.25) is 0 Å². The highest BCUT2D eigenvalue weighted by Gasteiger charge is 2.03. The normalized spacial score (nSPS) is 10.8. The second-order valence-corrected chi connectivity index (χ2v) is 3.88. The Balaban J connectivity index is 0. The smallest absolute Gasteiger partial charge is 0.211 e. The summed E-state index contributed by atoms with van der Waals surface area (Å²) < 4.78 is 0. The largest absolute Gasteiger partial charge is 0.369 e. The summed E-state index contributed by atoms with van der Waals surface area (Å²) in [4.78, 5) is 4.10. The monoisotopic (exact) mass is 347 g/mol. The van der Waals surface area contributed by atoms with Crippen LogP contribution >= 0.6 is 24.8 Å². The standard InChI is InChI=1S/C11H17N9.2ClH/c1-6(17-19-10(12)13)8-3-9(5-16-4-8)7(2)18-20-11(14)15;;/h3-5H,1-2H3,(H4,12,13,19)(H4,14,15,20);2*1H/b17-6+,18-7+;;. The lowest BCUT2D eigenvalue weighted by Gasteiger charge is -2.02. The predicted molar refractivity (Wildman–Crippen MR) is 94.8 cm³/mol. The van der Waals surface area contributed by atoms with E-state index in [0.29, 0.717) is 11.4 Å². The molecule has 0 saturated heterocycles. The van der Waals surface area contributed by atoms with E-state index in [2.05, 4.69) is 25.4 Å². The van der Waals surface area contributed by atoms with Gasteiger partial charge < -0.3 is 22.9 Å². The van der Waals surface area contributed by atoms with Crippen LogP contribution in [0, 0.1) is 0 Å². The quantitative estimate of drug-likeness (QED) is 0.339. The summed E-state index contributed by atoms with van der Waals surface area (Å²) in [5.74, 6) is -0.224. The molecule has 0 atom stereocenters. The van der Waals surface area contributed by atoms with E-state index < -0.39 is 0 Å². The average molecular weight is 348 g/mol. The van der Waals surface area contributed by atoms with Crippen LogP contribution < -0.4 is 22.9 Å². The zero-order valence-electron chi connectivity index (χ0n) is 12.1. The Labute approximate surface area is 140 Å². The number of pyridine rings is 1. The molecule has 0 unspecified atom stereocenters. The van der Waals surface area contributed by atoms with Gasteiger partial charge in [0.25, 0.3) is 0 Å². The molecule has 9 nitrogen and oxygen atoms in total. The maximum Gasteiger partial charge on any atom is 0.211 e. The van der Waals surface area contributed by atoms with Crippen molar-refractivity contribution < 1.29 is 0 Å². The van der Waals surface area contributed by atoms with E-state index in [-0.39, 0.29) is 36.7 Å². The molecule has 0 aromatic carbocycles. The Morgan fingerprint density at radius 1 is 0.773 bits per heavy atom. The zero-order chi connectivity index (χ0) is 15.1. The molecule has 0 radical (unpaired) electrons. The third-order valence-corrected chi connectivity index (χ3v) is 2.20. The fourth-order valence-corrected chi connectivity index (χ4v) is 1.22. The first-order valence-electron chi connectivity index (χ1n) is 5.62. The number of aromatic nitrogens is 1. The van der Waals surface area contributed by atoms with Gasteiger partial charge in [0.1, 0.15) is 0 Å². The molecule has 1 rings (SSSR count). The maximum absolute atomic E-state index is 5.21. The summed E-state index contributed by atoms with van der Waals surface area (Å²) in [5, 5.41) is 14.9. The van der Waals surface area contributed by atoms with Gasteiger partial charge in [-0.3, -0.25) is 4.98 Å². The van der Waals surface area contributed by atoms with Gasteiger partial charge in [0.15, 0.2) is 0 Å². The third-order valence-electron chi connectivity index (χ3n) is 2.20. The number of guanidine groups is 2. The van der Waals surface area contributed by atoms with Gasteiger partial charge in [-0.25, -0.2) is 0 Å². The Kier molecular flexibility index (Phi) is 10.3. The lowest BCUT2D eigenvalue weighted by Crippen LogP contribution is -2.22. The Hall–Kier alpha value is -2.39. The number of halogens is 2. The van der Waals surface area contributed by atoms with E-state index in [1.807, 2.05) is 6.07 Å². The van der Waals surface area contributed by atoms with Crippen LogP contribution in [0.3, 0.4) is 0 Å². The van der Waals surface area contributed by atoms with Crippen LogP contribution in [-0.4, -0.2) is 28.3 Å². The molecule has 0 bridgehead atoms. The van der Waals surface area contributed by atoms with Gasteiger partial charge in [0.2, 0.25) is 11.9 Å². The minimum absolute atomic E-state index is 0. The van der Waals surface area contributed by atoms with Gasteiger partial charge in [-0.1, -0.05) is 0 Å². The first kappa shape index (κ1) is 21.9. The lowest BCUT2D eigenvalue weighted by atomic mass is 10.1. The number of nitrogens with zero attached hydrogens (tertiary/aromatic N) is 5. The van der Waals surface area contributed by atoms with Crippen LogP contribution in [0.25, 0.3) is 0 Å². The molecule has 8 N–H and O–H groups in total. The minimum Gasteiger partial charge on any atom is -0.369 e. The first-order chi connectivity index (χ1) is 9.40. The summed E-state index contributed by atoms with van der Waals surface area (Å²) in [6, 6.07) is 1.83. The fourth-order valence-electron chi connectivity index (χ4n) is 1.22. The predicted octanol–water partition coefficient (Wildman–Crippen LogP) is -0.0800. The average Bonchev–Trinajstić information content (AvgIpc) is 2.42. The van der Waals surface area contributed by atoms with E-state index in [4.69, 9.17) is 22.9 Å². The third kappa shape index (κ3) is 7.41. The molecule has 1 aromatic rings. The summed E-state index contributed by atoms with van der Waals surface area (Å²) in [5.41, 5.74) is 23.6. The van der Waals surface area contributed by atoms with E-state index in [9.17, 15) is 0 Å². The molecule has 0 spiro atoms. The molecule has 11 heteroatoms. The molecular formula is C11H19Cl2N9. The van der Waals surface area contributed by atoms with Crippen molar-refractivity contribution in [1.82, 2.24) is 4.98 Å². The SMILES string of the molecule is C/C(=N\N=C(N)N)c1cncc(/C(C)=N/N=C(N)N)c1.Cl.Cl. The van der Waals surface area contributed by atoms with Gasteiger partial charge in [-0.2, -0.15) is 10.2 Å². The molecule has 0 aliphatic rings. The topological polar surface area (TPSA) is 166 Å². The number of nitrogens with two attached hydrogens (primary N) is 4. The summed E-state index contributed by atoms with van der Waals surface area (Å²) in [6.45, 7) is 3.52. The van der Waals surface area contributed by atoms with Crippen molar-refractivity contribution in [3.05, 3.63) is 29.6 Å². The molecule has 1 aromatic heterocycles. The molecule has 122 valence electrons. The van der Waals surface area contributed by atoms with Crippen molar-refractivity contribution in [2.45, 2.75) is 13.8 Å². The fraction of sp³-hybridized carbons (Fsp3) is 0.182. The first-order valence-corrected chi connectivity index (χ1v) is 5.62. The maximum atomic E-state index is 5.21. The van der Waals surface area contributed by atoms with E-state index in [0.717, 1.165) is 11.1 Å². The minimum atomic E-state index is -0.112. The van der Waals surface area contributed by atoms with Crippen LogP contribution in [0.1, 0.15) is 25.0 Å². The number of hydrogen-bond acceptors (Lipinski definition) is 5. The van der Waals surface area contributed by atoms with Crippen LogP contribution in [0.5, 0.6) is 0 Å². The second-order valence-electron chi connectivity index (χ2n) is 3.88. The van der Waals surface area contributed by atoms with Crippen LogP contribution in [0.4, 0.5) is 0 Å². The molecule has 1 heterocycles. The highest BCUT2D eigenvalue weighted by Crippen LogP contribution is 2.06. The Morgan fingerprint density at radius 3 is 1.45 bits per heavy atom. The van der Waals surface area contributed by atoms with Crippen molar-refractivity contribution in [3.8, 4) is 0 Å². The van der Waals surface area contributed by atoms with Crippen molar-refractivity contribution >= 4 is 48.2 Å². The highest BCUT2D eigenvalue weighted by molar-refractivity contribution is 6.03. The molecule has 22 heavy (non-hydrogen) atoms. The molecule has 0 aliphatic heterocycles. The Morgan fingerprint density at radius 2 is 1.14 bits per heavy atom. The zero-order valence-corrected chi connectivity index (χ0v) is 13.7. The van der Waals surface area contributed by atoms with E-state index in [1.165, 1.54) is 0 Å². The highest BCUT2D eigenvalue weighted by atomic mass is 35.5. The van der Waals surface area contributed by atoms with Crippen LogP contribution in [0.15, 0.2) is 38.9 Å². The summed E-state index contributed by atoms with van der Waals surface area (Å²) >= 11 is 0. The molecule has 0 amide bonds. The van der Waals surface area contributed by atoms with Crippen LogP contribution in [-0.2, 0) is 0 Å². The van der Waals surface area contributed by atoms with Crippen molar-refractivity contribution in [2.75, 3.05) is 0 Å². The summed E-state index contributed by atoms with van der Waals surface area (Å²) in [7, 11) is 0. The summed E-state index contributed by atoms with van der Waals surface area (Å²) in [6.07, 6.45) is 3.27. The molecule has 0 fully saturated rings. The molecule has 0 saturated carbocycles. The van der Waals surface area contributed by atoms with Gasteiger partial charge in [0.05, 0.1) is 11.4 Å². The number of hydrogen-bond donors (Lipinski definition) is 4. The number of rotatable bonds is 4. The Bertz CT molecular complexity index is 550. The van der Waals surface area contributed by atoms with Gasteiger partial charge in [0, 0.05) is 23.5 Å². The van der Waals surface area contributed by atoms with Gasteiger partial charge in [-0.15, -0.1) is 35.0 Å². The van der Waals surface area contributed by atoms with Crippen molar-refractivity contribution in [2.24, 2.45) is 43.3 Å².